The van der Waals surface area contributed by atoms with Gasteiger partial charge >= 0.3 is 5.76 Å². The van der Waals surface area contributed by atoms with E-state index in [1.807, 2.05) is 18.2 Å². The average Bonchev–Trinajstić information content (AvgIpc) is 2.98. The van der Waals surface area contributed by atoms with Gasteiger partial charge in [-0.3, -0.25) is 4.57 Å². The van der Waals surface area contributed by atoms with Gasteiger partial charge in [-0.05, 0) is 30.5 Å². The molecule has 3 rings (SSSR count). The molecule has 1 aliphatic heterocycles. The second kappa shape index (κ2) is 4.44. The van der Waals surface area contributed by atoms with Gasteiger partial charge in [-0.25, -0.2) is 4.79 Å². The zero-order chi connectivity index (χ0) is 12.7. The number of nitrogens with zero attached hydrogens (tertiary/aromatic N) is 1. The molecule has 2 aromatic rings. The molecule has 4 nitrogen and oxygen atoms in total. The molecular formula is C13H14ClNO3. The van der Waals surface area contributed by atoms with Gasteiger partial charge in [0, 0.05) is 13.7 Å². The van der Waals surface area contributed by atoms with Crippen LogP contribution in [0.2, 0.25) is 0 Å². The maximum Gasteiger partial charge on any atom is 0.419 e. The van der Waals surface area contributed by atoms with Crippen molar-refractivity contribution in [3.05, 3.63) is 34.3 Å². The van der Waals surface area contributed by atoms with Crippen molar-refractivity contribution < 1.29 is 9.15 Å². The summed E-state index contributed by atoms with van der Waals surface area (Å²) < 4.78 is 12.2. The lowest BCUT2D eigenvalue weighted by molar-refractivity contribution is 0.107. The van der Waals surface area contributed by atoms with Gasteiger partial charge in [-0.1, -0.05) is 6.07 Å². The number of hydrogen-bond donors (Lipinski definition) is 0. The monoisotopic (exact) mass is 267 g/mol. The molecule has 2 heterocycles. The second-order valence-electron chi connectivity index (χ2n) is 4.61. The highest BCUT2D eigenvalue weighted by Crippen LogP contribution is 2.33. The lowest BCUT2D eigenvalue weighted by Crippen LogP contribution is -2.12. The van der Waals surface area contributed by atoms with Crippen LogP contribution in [0.1, 0.15) is 23.8 Å². The van der Waals surface area contributed by atoms with Crippen LogP contribution in [-0.4, -0.2) is 17.3 Å². The minimum atomic E-state index is -0.356. The molecule has 1 aromatic carbocycles. The Kier molecular flexibility index (Phi) is 2.92. The molecule has 0 N–H and O–H groups in total. The zero-order valence-electron chi connectivity index (χ0n) is 10.1. The van der Waals surface area contributed by atoms with Gasteiger partial charge < -0.3 is 9.15 Å². The standard InChI is InChI=1S/C13H14ClNO3/c1-15-9-5-4-8(7-11(9)18-13(15)16)12(14)10-3-2-6-17-10/h4-5,7,10,12H,2-3,6H2,1H3. The maximum absolute atomic E-state index is 11.4. The van der Waals surface area contributed by atoms with Crippen molar-refractivity contribution in [3.8, 4) is 0 Å². The third kappa shape index (κ3) is 1.85. The smallest absolute Gasteiger partial charge is 0.408 e. The van der Waals surface area contributed by atoms with E-state index in [2.05, 4.69) is 0 Å². The Morgan fingerprint density at radius 2 is 2.33 bits per heavy atom. The lowest BCUT2D eigenvalue weighted by atomic mass is 10.0. The topological polar surface area (TPSA) is 44.4 Å². The number of benzene rings is 1. The molecule has 0 aliphatic carbocycles. The van der Waals surface area contributed by atoms with E-state index < -0.39 is 0 Å². The molecule has 18 heavy (non-hydrogen) atoms. The van der Waals surface area contributed by atoms with Crippen molar-refractivity contribution in [3.63, 3.8) is 0 Å². The van der Waals surface area contributed by atoms with Crippen molar-refractivity contribution in [2.75, 3.05) is 6.61 Å². The van der Waals surface area contributed by atoms with Crippen LogP contribution in [0.4, 0.5) is 0 Å². The predicted octanol–water partition coefficient (Wildman–Crippen LogP) is 2.59. The molecule has 0 radical (unpaired) electrons. The van der Waals surface area contributed by atoms with Crippen LogP contribution >= 0.6 is 11.6 Å². The van der Waals surface area contributed by atoms with E-state index in [1.54, 1.807) is 7.05 Å². The van der Waals surface area contributed by atoms with E-state index in [1.165, 1.54) is 4.57 Å². The zero-order valence-corrected chi connectivity index (χ0v) is 10.8. The third-order valence-corrected chi connectivity index (χ3v) is 3.96. The van der Waals surface area contributed by atoms with E-state index in [9.17, 15) is 4.79 Å². The third-order valence-electron chi connectivity index (χ3n) is 3.43. The minimum Gasteiger partial charge on any atom is -0.408 e. The highest BCUT2D eigenvalue weighted by molar-refractivity contribution is 6.21. The van der Waals surface area contributed by atoms with E-state index >= 15 is 0 Å². The normalized spacial score (nSPS) is 21.6. The fourth-order valence-corrected chi connectivity index (χ4v) is 2.70. The fraction of sp³-hybridized carbons (Fsp3) is 0.462. The number of fused-ring (bicyclic) bond motifs is 1. The van der Waals surface area contributed by atoms with Crippen LogP contribution in [0.3, 0.4) is 0 Å². The molecule has 2 atom stereocenters. The Bertz CT molecular complexity index is 625. The van der Waals surface area contributed by atoms with Crippen LogP contribution in [0, 0.1) is 0 Å². The molecule has 0 amide bonds. The average molecular weight is 268 g/mol. The van der Waals surface area contributed by atoms with Crippen LogP contribution < -0.4 is 5.76 Å². The van der Waals surface area contributed by atoms with Crippen molar-refractivity contribution in [2.24, 2.45) is 7.05 Å². The summed E-state index contributed by atoms with van der Waals surface area (Å²) in [6.45, 7) is 0.774. The first-order valence-corrected chi connectivity index (χ1v) is 6.45. The summed E-state index contributed by atoms with van der Waals surface area (Å²) in [6, 6.07) is 5.62. The van der Waals surface area contributed by atoms with Crippen molar-refractivity contribution in [1.82, 2.24) is 4.57 Å². The highest BCUT2D eigenvalue weighted by Gasteiger charge is 2.26. The maximum atomic E-state index is 11.4. The van der Waals surface area contributed by atoms with Gasteiger partial charge in [0.05, 0.1) is 17.0 Å². The number of rotatable bonds is 2. The van der Waals surface area contributed by atoms with Gasteiger partial charge in [0.1, 0.15) is 0 Å². The Balaban J connectivity index is 2.00. The van der Waals surface area contributed by atoms with Gasteiger partial charge in [-0.2, -0.15) is 0 Å². The number of aromatic nitrogens is 1. The van der Waals surface area contributed by atoms with Crippen LogP contribution in [0.5, 0.6) is 0 Å². The first kappa shape index (κ1) is 11.8. The molecular weight excluding hydrogens is 254 g/mol. The van der Waals surface area contributed by atoms with Gasteiger partial charge in [0.25, 0.3) is 0 Å². The molecule has 5 heteroatoms. The SMILES string of the molecule is Cn1c(=O)oc2cc(C(Cl)C3CCCO3)ccc21. The summed E-state index contributed by atoms with van der Waals surface area (Å²) >= 11 is 6.41. The highest BCUT2D eigenvalue weighted by atomic mass is 35.5. The quantitative estimate of drug-likeness (QED) is 0.786. The first-order chi connectivity index (χ1) is 8.66. The molecule has 0 bridgehead atoms. The summed E-state index contributed by atoms with van der Waals surface area (Å²) in [5, 5.41) is -0.192. The summed E-state index contributed by atoms with van der Waals surface area (Å²) in [5.74, 6) is -0.356. The molecule has 1 fully saturated rings. The number of aryl methyl sites for hydroxylation is 1. The Morgan fingerprint density at radius 3 is 3.06 bits per heavy atom. The van der Waals surface area contributed by atoms with E-state index in [4.69, 9.17) is 20.8 Å². The van der Waals surface area contributed by atoms with Crippen molar-refractivity contribution in [2.45, 2.75) is 24.3 Å². The number of oxazole rings is 1. The molecule has 96 valence electrons. The Morgan fingerprint density at radius 1 is 1.50 bits per heavy atom. The van der Waals surface area contributed by atoms with Gasteiger partial charge in [-0.15, -0.1) is 11.6 Å². The number of alkyl halides is 1. The fourth-order valence-electron chi connectivity index (χ4n) is 2.37. The molecule has 1 aromatic heterocycles. The Labute approximate surface area is 109 Å². The summed E-state index contributed by atoms with van der Waals surface area (Å²) in [7, 11) is 1.69. The van der Waals surface area contributed by atoms with E-state index in [-0.39, 0.29) is 17.2 Å². The van der Waals surface area contributed by atoms with Gasteiger partial charge in [0.2, 0.25) is 0 Å². The summed E-state index contributed by atoms with van der Waals surface area (Å²) in [4.78, 5) is 11.4. The van der Waals surface area contributed by atoms with Crippen LogP contribution in [-0.2, 0) is 11.8 Å². The van der Waals surface area contributed by atoms with E-state index in [0.29, 0.717) is 5.58 Å². The number of hydrogen-bond acceptors (Lipinski definition) is 3. The first-order valence-electron chi connectivity index (χ1n) is 6.02. The number of ether oxygens (including phenoxy) is 1. The molecule has 2 unspecified atom stereocenters. The van der Waals surface area contributed by atoms with Crippen LogP contribution in [0.25, 0.3) is 11.1 Å². The minimum absolute atomic E-state index is 0.0551. The summed E-state index contributed by atoms with van der Waals surface area (Å²) in [6.07, 6.45) is 2.08. The molecule has 1 saturated heterocycles. The molecule has 0 spiro atoms. The summed E-state index contributed by atoms with van der Waals surface area (Å²) in [5.41, 5.74) is 2.29. The lowest BCUT2D eigenvalue weighted by Gasteiger charge is -2.16. The second-order valence-corrected chi connectivity index (χ2v) is 5.08. The van der Waals surface area contributed by atoms with E-state index in [0.717, 1.165) is 30.5 Å². The van der Waals surface area contributed by atoms with Crippen molar-refractivity contribution >= 4 is 22.7 Å². The number of halogens is 1. The molecule has 1 aliphatic rings. The van der Waals surface area contributed by atoms with Crippen molar-refractivity contribution in [1.29, 1.82) is 0 Å². The molecule has 0 saturated carbocycles. The van der Waals surface area contributed by atoms with Gasteiger partial charge in [0.15, 0.2) is 5.58 Å². The predicted molar refractivity (Wildman–Crippen MR) is 69.0 cm³/mol. The largest absolute Gasteiger partial charge is 0.419 e. The van der Waals surface area contributed by atoms with Crippen LogP contribution in [0.15, 0.2) is 27.4 Å². The Hall–Kier alpha value is -1.26.